The molecule has 13 nitrogen and oxygen atoms in total. The van der Waals surface area contributed by atoms with Gasteiger partial charge in [-0.25, -0.2) is 27.2 Å². The minimum absolute atomic E-state index is 0.0167. The van der Waals surface area contributed by atoms with Crippen molar-refractivity contribution in [3.63, 3.8) is 0 Å². The number of nitrogens with one attached hydrogen (secondary N) is 1. The van der Waals surface area contributed by atoms with Crippen molar-refractivity contribution < 1.29 is 40.9 Å². The molecule has 1 N–H and O–H groups in total. The fourth-order valence-electron chi connectivity index (χ4n) is 5.94. The van der Waals surface area contributed by atoms with E-state index >= 15 is 0 Å². The van der Waals surface area contributed by atoms with E-state index in [0.29, 0.717) is 39.8 Å². The number of rotatable bonds is 13. The van der Waals surface area contributed by atoms with E-state index in [-0.39, 0.29) is 66.7 Å². The smallest absolute Gasteiger partial charge is 0.261 e. The van der Waals surface area contributed by atoms with E-state index in [0.717, 1.165) is 0 Å². The molecule has 0 aliphatic carbocycles. The van der Waals surface area contributed by atoms with Crippen LogP contribution in [0.3, 0.4) is 0 Å². The number of benzene rings is 2. The number of hydrogen-bond donors (Lipinski definition) is 1. The lowest BCUT2D eigenvalue weighted by molar-refractivity contribution is -0.0102. The maximum atomic E-state index is 14.5. The van der Waals surface area contributed by atoms with Crippen molar-refractivity contribution in [2.45, 2.75) is 50.2 Å². The number of nitriles is 1. The molecule has 0 atom stereocenters. The summed E-state index contributed by atoms with van der Waals surface area (Å²) in [5.41, 5.74) is 1.57. The topological polar surface area (TPSA) is 156 Å². The van der Waals surface area contributed by atoms with Gasteiger partial charge in [-0.05, 0) is 49.7 Å². The summed E-state index contributed by atoms with van der Waals surface area (Å²) >= 11 is 0. The van der Waals surface area contributed by atoms with Crippen molar-refractivity contribution in [2.24, 2.45) is 0 Å². The van der Waals surface area contributed by atoms with E-state index in [2.05, 4.69) is 15.3 Å². The monoisotopic (exact) mass is 750 g/mol. The fraction of sp³-hybridized carbons (Fsp3) is 0.351. The second kappa shape index (κ2) is 16.4. The number of anilines is 2. The van der Waals surface area contributed by atoms with Gasteiger partial charge in [0.2, 0.25) is 5.92 Å². The fourth-order valence-corrected chi connectivity index (χ4v) is 7.30. The number of pyridine rings is 2. The number of carbonyl (C=O) groups excluding carboxylic acids is 1. The maximum absolute atomic E-state index is 14.5. The summed E-state index contributed by atoms with van der Waals surface area (Å²) in [5.74, 6) is -1.58. The van der Waals surface area contributed by atoms with Crippen LogP contribution in [0.1, 0.15) is 52.0 Å². The van der Waals surface area contributed by atoms with Crippen LogP contribution in [0.5, 0.6) is 23.0 Å². The van der Waals surface area contributed by atoms with Crippen LogP contribution in [0.25, 0.3) is 0 Å². The molecular weight excluding hydrogens is 711 g/mol. The average molecular weight is 751 g/mol. The molecule has 4 aromatic rings. The third kappa shape index (κ3) is 8.93. The van der Waals surface area contributed by atoms with E-state index in [1.165, 1.54) is 57.1 Å². The van der Waals surface area contributed by atoms with Gasteiger partial charge in [-0.15, -0.1) is 0 Å². The second-order valence-corrected chi connectivity index (χ2v) is 14.2. The lowest BCUT2D eigenvalue weighted by Crippen LogP contribution is -2.31. The summed E-state index contributed by atoms with van der Waals surface area (Å²) in [5, 5.41) is 12.0. The standard InChI is InChI=1S/C37H40F2N6O7S/c1-24-26(21-40)18-31(35(42-24)44-15-6-12-37(38,39)13-16-44)36(46)43-28-11-14-41-34(19-28)53(47,48)45(22-25-7-8-30(50-3)20-33(25)52-5)23-27-17-29(49-2)9-10-32(27)51-4/h7-11,14,17-20H,6,12-13,15-16,22-23H2,1-5H3,(H,41,43,46). The van der Waals surface area contributed by atoms with E-state index in [9.17, 15) is 27.3 Å². The van der Waals surface area contributed by atoms with Gasteiger partial charge in [0.15, 0.2) is 5.03 Å². The quantitative estimate of drug-likeness (QED) is 0.172. The first kappa shape index (κ1) is 38.7. The van der Waals surface area contributed by atoms with Crippen LogP contribution in [0.15, 0.2) is 65.8 Å². The molecule has 280 valence electrons. The van der Waals surface area contributed by atoms with E-state index in [1.54, 1.807) is 48.2 Å². The molecule has 0 unspecified atom stereocenters. The van der Waals surface area contributed by atoms with Gasteiger partial charge in [-0.2, -0.15) is 9.57 Å². The molecule has 1 saturated heterocycles. The molecule has 16 heteroatoms. The van der Waals surface area contributed by atoms with Crippen LogP contribution >= 0.6 is 0 Å². The molecular formula is C37H40F2N6O7S. The Balaban J connectivity index is 1.51. The number of methoxy groups -OCH3 is 4. The maximum Gasteiger partial charge on any atom is 0.261 e. The molecule has 0 radical (unpaired) electrons. The first-order valence-corrected chi connectivity index (χ1v) is 18.0. The normalized spacial score (nSPS) is 14.2. The highest BCUT2D eigenvalue weighted by Crippen LogP contribution is 2.34. The number of aromatic nitrogens is 2. The van der Waals surface area contributed by atoms with Crippen molar-refractivity contribution >= 4 is 27.4 Å². The minimum Gasteiger partial charge on any atom is -0.497 e. The molecule has 53 heavy (non-hydrogen) atoms. The molecule has 3 heterocycles. The molecule has 1 fully saturated rings. The van der Waals surface area contributed by atoms with Crippen LogP contribution in [0, 0.1) is 18.3 Å². The first-order chi connectivity index (χ1) is 25.3. The third-order valence-electron chi connectivity index (χ3n) is 8.85. The number of ether oxygens (including phenoxy) is 4. The van der Waals surface area contributed by atoms with Crippen LogP contribution in [-0.2, 0) is 23.1 Å². The van der Waals surface area contributed by atoms with Gasteiger partial charge in [0.25, 0.3) is 15.9 Å². The Morgan fingerprint density at radius 1 is 0.925 bits per heavy atom. The lowest BCUT2D eigenvalue weighted by atomic mass is 10.1. The largest absolute Gasteiger partial charge is 0.497 e. The van der Waals surface area contributed by atoms with Crippen LogP contribution in [0.4, 0.5) is 20.3 Å². The molecule has 0 spiro atoms. The number of nitrogens with zero attached hydrogens (tertiary/aromatic N) is 5. The Hall–Kier alpha value is -5.53. The summed E-state index contributed by atoms with van der Waals surface area (Å²) in [4.78, 5) is 24.1. The molecule has 1 aliphatic heterocycles. The van der Waals surface area contributed by atoms with Gasteiger partial charge >= 0.3 is 0 Å². The Bertz CT molecular complexity index is 2130. The van der Waals surface area contributed by atoms with Gasteiger partial charge in [-0.3, -0.25) is 4.79 Å². The number of aryl methyl sites for hydroxylation is 1. The lowest BCUT2D eigenvalue weighted by Gasteiger charge is -2.25. The van der Waals surface area contributed by atoms with Crippen LogP contribution < -0.4 is 29.2 Å². The predicted octanol–water partition coefficient (Wildman–Crippen LogP) is 5.96. The Morgan fingerprint density at radius 3 is 2.32 bits per heavy atom. The highest BCUT2D eigenvalue weighted by atomic mass is 32.2. The Kier molecular flexibility index (Phi) is 12.0. The van der Waals surface area contributed by atoms with Crippen molar-refractivity contribution in [1.82, 2.24) is 14.3 Å². The molecule has 2 aromatic heterocycles. The first-order valence-electron chi connectivity index (χ1n) is 16.6. The van der Waals surface area contributed by atoms with E-state index < -0.39 is 28.3 Å². The molecule has 0 bridgehead atoms. The van der Waals surface area contributed by atoms with Crippen molar-refractivity contribution in [2.75, 3.05) is 51.7 Å². The molecule has 2 aromatic carbocycles. The van der Waals surface area contributed by atoms with Gasteiger partial charge in [0, 0.05) is 74.2 Å². The zero-order valence-corrected chi connectivity index (χ0v) is 30.8. The van der Waals surface area contributed by atoms with Gasteiger partial charge < -0.3 is 29.2 Å². The van der Waals surface area contributed by atoms with Gasteiger partial charge in [0.05, 0.1) is 45.3 Å². The van der Waals surface area contributed by atoms with Crippen LogP contribution in [0.2, 0.25) is 0 Å². The summed E-state index contributed by atoms with van der Waals surface area (Å²) in [6.45, 7) is 1.47. The zero-order valence-electron chi connectivity index (χ0n) is 30.0. The molecule has 1 amide bonds. The molecule has 1 aliphatic rings. The van der Waals surface area contributed by atoms with Crippen molar-refractivity contribution in [3.05, 3.63) is 88.7 Å². The third-order valence-corrected chi connectivity index (χ3v) is 10.5. The average Bonchev–Trinajstić information content (AvgIpc) is 3.34. The Labute approximate surface area is 307 Å². The number of sulfonamides is 1. The van der Waals surface area contributed by atoms with E-state index in [1.807, 2.05) is 6.07 Å². The minimum atomic E-state index is -4.41. The predicted molar refractivity (Wildman–Crippen MR) is 192 cm³/mol. The number of hydrogen-bond acceptors (Lipinski definition) is 11. The summed E-state index contributed by atoms with van der Waals surface area (Å²) in [7, 11) is 1.53. The summed E-state index contributed by atoms with van der Waals surface area (Å²) in [6, 6.07) is 16.1. The zero-order chi connectivity index (χ0) is 38.3. The van der Waals surface area contributed by atoms with E-state index in [4.69, 9.17) is 18.9 Å². The number of carbonyl (C=O) groups is 1. The number of amides is 1. The Morgan fingerprint density at radius 2 is 1.62 bits per heavy atom. The highest BCUT2D eigenvalue weighted by molar-refractivity contribution is 7.89. The summed E-state index contributed by atoms with van der Waals surface area (Å²) < 4.78 is 80.4. The highest BCUT2D eigenvalue weighted by Gasteiger charge is 2.34. The van der Waals surface area contributed by atoms with Gasteiger partial charge in [0.1, 0.15) is 34.9 Å². The number of alkyl halides is 2. The summed E-state index contributed by atoms with van der Waals surface area (Å²) in [6.07, 6.45) is 0.718. The van der Waals surface area contributed by atoms with Crippen molar-refractivity contribution in [3.8, 4) is 29.1 Å². The molecule has 0 saturated carbocycles. The van der Waals surface area contributed by atoms with Crippen LogP contribution in [-0.4, -0.2) is 76.0 Å². The number of halogens is 2. The second-order valence-electron chi connectivity index (χ2n) is 12.3. The van der Waals surface area contributed by atoms with Gasteiger partial charge in [-0.1, -0.05) is 6.07 Å². The molecule has 5 rings (SSSR count). The SMILES string of the molecule is COc1ccc(OC)c(CN(Cc2ccc(OC)cc2OC)S(=O)(=O)c2cc(NC(=O)c3cc(C#N)c(C)nc3N3CCCC(F)(F)CC3)ccn2)c1. The van der Waals surface area contributed by atoms with Crippen molar-refractivity contribution in [1.29, 1.82) is 5.26 Å².